The monoisotopic (exact) mass is 404 g/mol. The third-order valence-electron chi connectivity index (χ3n) is 4.47. The smallest absolute Gasteiger partial charge is 0.315 e. The number of unbranched alkanes of at least 4 members (excludes halogenated alkanes) is 3. The standard InChI is InChI=1S/C21H29FN4O3/c1-3-29-18(27)11-6-4-5-7-12-24-21(28)25-19(20-23-13-14-26(20)2)16-9-8-10-17(22)15-16/h8-10,13-15,19H,3-7,11-12H2,1-2H3,(H2,24,25,28)/t19-/m1/s1. The van der Waals surface area contributed by atoms with Gasteiger partial charge in [-0.25, -0.2) is 14.2 Å². The van der Waals surface area contributed by atoms with E-state index in [1.165, 1.54) is 12.1 Å². The van der Waals surface area contributed by atoms with E-state index in [1.54, 1.807) is 36.0 Å². The van der Waals surface area contributed by atoms with E-state index in [-0.39, 0.29) is 17.8 Å². The van der Waals surface area contributed by atoms with E-state index in [2.05, 4.69) is 15.6 Å². The Morgan fingerprint density at radius 1 is 1.24 bits per heavy atom. The molecule has 1 heterocycles. The highest BCUT2D eigenvalue weighted by atomic mass is 19.1. The molecular formula is C21H29FN4O3. The third kappa shape index (κ3) is 7.56. The molecule has 2 amide bonds. The van der Waals surface area contributed by atoms with E-state index in [9.17, 15) is 14.0 Å². The minimum absolute atomic E-state index is 0.164. The molecule has 0 spiro atoms. The first-order chi connectivity index (χ1) is 14.0. The first-order valence-electron chi connectivity index (χ1n) is 9.94. The van der Waals surface area contributed by atoms with E-state index in [4.69, 9.17) is 4.74 Å². The Balaban J connectivity index is 1.79. The summed E-state index contributed by atoms with van der Waals surface area (Å²) >= 11 is 0. The van der Waals surface area contributed by atoms with Crippen molar-refractivity contribution in [3.8, 4) is 0 Å². The molecule has 0 aliphatic carbocycles. The number of esters is 1. The number of aromatic nitrogens is 2. The van der Waals surface area contributed by atoms with Crippen molar-refractivity contribution in [3.05, 3.63) is 53.9 Å². The summed E-state index contributed by atoms with van der Waals surface area (Å²) in [6.45, 7) is 2.72. The number of hydrogen-bond donors (Lipinski definition) is 2. The SMILES string of the molecule is CCOC(=O)CCCCCCNC(=O)N[C@H](c1cccc(F)c1)c1nccn1C. The van der Waals surface area contributed by atoms with Gasteiger partial charge in [0.2, 0.25) is 0 Å². The zero-order chi connectivity index (χ0) is 21.1. The lowest BCUT2D eigenvalue weighted by molar-refractivity contribution is -0.143. The van der Waals surface area contributed by atoms with Gasteiger partial charge in [0.1, 0.15) is 17.7 Å². The van der Waals surface area contributed by atoms with Crippen LogP contribution in [0.1, 0.15) is 56.5 Å². The van der Waals surface area contributed by atoms with Gasteiger partial charge in [0.15, 0.2) is 0 Å². The average molecular weight is 404 g/mol. The Morgan fingerprint density at radius 3 is 2.72 bits per heavy atom. The highest BCUT2D eigenvalue weighted by Gasteiger charge is 2.21. The molecule has 8 heteroatoms. The van der Waals surface area contributed by atoms with Crippen LogP contribution in [0.15, 0.2) is 36.7 Å². The maximum Gasteiger partial charge on any atom is 0.315 e. The van der Waals surface area contributed by atoms with Crippen LogP contribution in [0.5, 0.6) is 0 Å². The molecule has 29 heavy (non-hydrogen) atoms. The van der Waals surface area contributed by atoms with E-state index < -0.39 is 6.04 Å². The number of urea groups is 1. The summed E-state index contributed by atoms with van der Waals surface area (Å²) in [5.74, 6) is 0.0825. The maximum atomic E-state index is 13.7. The number of amides is 2. The van der Waals surface area contributed by atoms with Gasteiger partial charge in [0, 0.05) is 32.4 Å². The molecule has 0 saturated heterocycles. The largest absolute Gasteiger partial charge is 0.466 e. The molecule has 7 nitrogen and oxygen atoms in total. The fraction of sp³-hybridized carbons (Fsp3) is 0.476. The number of nitrogens with one attached hydrogen (secondary N) is 2. The molecule has 1 atom stereocenters. The zero-order valence-electron chi connectivity index (χ0n) is 17.0. The van der Waals surface area contributed by atoms with Gasteiger partial charge >= 0.3 is 12.0 Å². The number of nitrogens with zero attached hydrogens (tertiary/aromatic N) is 2. The number of hydrogen-bond acceptors (Lipinski definition) is 4. The number of carbonyl (C=O) groups excluding carboxylic acids is 2. The molecule has 0 radical (unpaired) electrons. The van der Waals surface area contributed by atoms with Crippen molar-refractivity contribution in [2.24, 2.45) is 7.05 Å². The van der Waals surface area contributed by atoms with Gasteiger partial charge < -0.3 is 19.9 Å². The Hall–Kier alpha value is -2.90. The summed E-state index contributed by atoms with van der Waals surface area (Å²) in [5.41, 5.74) is 0.619. The van der Waals surface area contributed by atoms with Crippen LogP contribution in [-0.2, 0) is 16.6 Å². The summed E-state index contributed by atoms with van der Waals surface area (Å²) in [6, 6.07) is 5.22. The minimum atomic E-state index is -0.560. The summed E-state index contributed by atoms with van der Waals surface area (Å²) in [6.07, 6.45) is 7.25. The second-order valence-electron chi connectivity index (χ2n) is 6.75. The normalized spacial score (nSPS) is 11.7. The lowest BCUT2D eigenvalue weighted by atomic mass is 10.1. The fourth-order valence-corrected chi connectivity index (χ4v) is 3.00. The Morgan fingerprint density at radius 2 is 2.03 bits per heavy atom. The average Bonchev–Trinajstić information content (AvgIpc) is 3.11. The second kappa shape index (κ2) is 11.8. The lowest BCUT2D eigenvalue weighted by Gasteiger charge is -2.19. The maximum absolute atomic E-state index is 13.7. The fourth-order valence-electron chi connectivity index (χ4n) is 3.00. The molecule has 2 aromatic rings. The Labute approximate surface area is 170 Å². The zero-order valence-corrected chi connectivity index (χ0v) is 17.0. The Bertz CT molecular complexity index is 794. The van der Waals surface area contributed by atoms with Crippen LogP contribution in [0.4, 0.5) is 9.18 Å². The second-order valence-corrected chi connectivity index (χ2v) is 6.75. The molecule has 1 aromatic heterocycles. The van der Waals surface area contributed by atoms with Crippen LogP contribution in [0.3, 0.4) is 0 Å². The predicted molar refractivity (Wildman–Crippen MR) is 108 cm³/mol. The molecule has 0 aliphatic heterocycles. The third-order valence-corrected chi connectivity index (χ3v) is 4.47. The van der Waals surface area contributed by atoms with Gasteiger partial charge in [-0.2, -0.15) is 0 Å². The summed E-state index contributed by atoms with van der Waals surface area (Å²) in [5, 5.41) is 5.70. The predicted octanol–water partition coefficient (Wildman–Crippen LogP) is 3.46. The first-order valence-corrected chi connectivity index (χ1v) is 9.94. The number of benzene rings is 1. The van der Waals surface area contributed by atoms with Gasteiger partial charge in [-0.1, -0.05) is 25.0 Å². The van der Waals surface area contributed by atoms with Crippen molar-refractivity contribution in [1.82, 2.24) is 20.2 Å². The summed E-state index contributed by atoms with van der Waals surface area (Å²) in [4.78, 5) is 27.9. The van der Waals surface area contributed by atoms with Crippen molar-refractivity contribution in [1.29, 1.82) is 0 Å². The van der Waals surface area contributed by atoms with Crippen LogP contribution < -0.4 is 10.6 Å². The number of rotatable bonds is 11. The molecule has 0 saturated carbocycles. The van der Waals surface area contributed by atoms with E-state index in [1.807, 2.05) is 7.05 Å². The number of halogens is 1. The molecule has 0 unspecified atom stereocenters. The number of carbonyl (C=O) groups is 2. The Kier molecular flexibility index (Phi) is 9.14. The van der Waals surface area contributed by atoms with Gasteiger partial charge in [-0.3, -0.25) is 4.79 Å². The van der Waals surface area contributed by atoms with Crippen LogP contribution >= 0.6 is 0 Å². The number of aryl methyl sites for hydroxylation is 1. The van der Waals surface area contributed by atoms with Crippen molar-refractivity contribution in [3.63, 3.8) is 0 Å². The molecule has 0 aliphatic rings. The van der Waals surface area contributed by atoms with Crippen LogP contribution in [0.25, 0.3) is 0 Å². The first kappa shape index (κ1) is 22.4. The van der Waals surface area contributed by atoms with Gasteiger partial charge in [0.05, 0.1) is 6.61 Å². The van der Waals surface area contributed by atoms with Crippen molar-refractivity contribution >= 4 is 12.0 Å². The molecule has 0 fully saturated rings. The molecule has 158 valence electrons. The summed E-state index contributed by atoms with van der Waals surface area (Å²) < 4.78 is 20.3. The highest BCUT2D eigenvalue weighted by molar-refractivity contribution is 5.74. The molecular weight excluding hydrogens is 375 g/mol. The molecule has 0 bridgehead atoms. The summed E-state index contributed by atoms with van der Waals surface area (Å²) in [7, 11) is 1.82. The quantitative estimate of drug-likeness (QED) is 0.444. The van der Waals surface area contributed by atoms with Crippen molar-refractivity contribution in [2.45, 2.75) is 45.1 Å². The van der Waals surface area contributed by atoms with Crippen LogP contribution in [0.2, 0.25) is 0 Å². The van der Waals surface area contributed by atoms with Crippen molar-refractivity contribution in [2.75, 3.05) is 13.2 Å². The minimum Gasteiger partial charge on any atom is -0.466 e. The number of imidazole rings is 1. The van der Waals surface area contributed by atoms with E-state index >= 15 is 0 Å². The molecule has 2 rings (SSSR count). The van der Waals surface area contributed by atoms with Gasteiger partial charge in [-0.15, -0.1) is 0 Å². The lowest BCUT2D eigenvalue weighted by Crippen LogP contribution is -2.39. The number of ether oxygens (including phenoxy) is 1. The topological polar surface area (TPSA) is 85.2 Å². The van der Waals surface area contributed by atoms with Crippen molar-refractivity contribution < 1.29 is 18.7 Å². The van der Waals surface area contributed by atoms with Crippen LogP contribution in [-0.4, -0.2) is 34.7 Å². The van der Waals surface area contributed by atoms with E-state index in [0.29, 0.717) is 31.0 Å². The molecule has 1 aromatic carbocycles. The van der Waals surface area contributed by atoms with Gasteiger partial charge in [-0.05, 0) is 37.5 Å². The molecule has 2 N–H and O–H groups in total. The van der Waals surface area contributed by atoms with Crippen LogP contribution in [0, 0.1) is 5.82 Å². The van der Waals surface area contributed by atoms with E-state index in [0.717, 1.165) is 25.7 Å². The van der Waals surface area contributed by atoms with Gasteiger partial charge in [0.25, 0.3) is 0 Å². The highest BCUT2D eigenvalue weighted by Crippen LogP contribution is 2.21.